The van der Waals surface area contributed by atoms with Crippen LogP contribution in [0.1, 0.15) is 23.2 Å². The van der Waals surface area contributed by atoms with Crippen LogP contribution in [0, 0.1) is 8.21 Å². The lowest BCUT2D eigenvalue weighted by Gasteiger charge is -2.12. The van der Waals surface area contributed by atoms with E-state index in [0.717, 1.165) is 36.1 Å². The fourth-order valence-electron chi connectivity index (χ4n) is 2.57. The zero-order chi connectivity index (χ0) is 13.4. The molecule has 0 saturated heterocycles. The first-order chi connectivity index (χ1) is 9.15. The molecule has 1 aliphatic carbocycles. The molecule has 1 N–H and O–H groups in total. The molecule has 1 heterocycles. The Morgan fingerprint density at radius 1 is 1.26 bits per heavy atom. The molecular weight excluding hydrogens is 371 g/mol. The molecule has 19 heavy (non-hydrogen) atoms. The summed E-state index contributed by atoms with van der Waals surface area (Å²) in [6.07, 6.45) is 3.02. The molecule has 1 aliphatic rings. The zero-order valence-electron chi connectivity index (χ0n) is 10.3. The topological polar surface area (TPSA) is 37.8 Å². The van der Waals surface area contributed by atoms with E-state index in [0.29, 0.717) is 11.2 Å². The lowest BCUT2D eigenvalue weighted by molar-refractivity contribution is 0.680. The van der Waals surface area contributed by atoms with Crippen LogP contribution in [0.3, 0.4) is 0 Å². The van der Waals surface area contributed by atoms with Crippen molar-refractivity contribution in [2.45, 2.75) is 25.8 Å². The van der Waals surface area contributed by atoms with Crippen molar-refractivity contribution in [2.75, 3.05) is 0 Å². The van der Waals surface area contributed by atoms with Gasteiger partial charge in [0, 0.05) is 14.8 Å². The number of aromatic amines is 1. The second-order valence-corrected chi connectivity index (χ2v) is 6.40. The number of halogens is 1. The first kappa shape index (κ1) is 13.1. The Labute approximate surface area is 129 Å². The predicted octanol–water partition coefficient (Wildman–Crippen LogP) is 3.05. The van der Waals surface area contributed by atoms with Crippen molar-refractivity contribution in [3.63, 3.8) is 0 Å². The molecule has 0 radical (unpaired) electrons. The van der Waals surface area contributed by atoms with Crippen LogP contribution in [0.2, 0.25) is 0 Å². The van der Waals surface area contributed by atoms with Gasteiger partial charge in [0.05, 0.1) is 6.54 Å². The normalized spacial score (nSPS) is 13.5. The van der Waals surface area contributed by atoms with Crippen LogP contribution in [-0.2, 0) is 19.4 Å². The van der Waals surface area contributed by atoms with E-state index in [2.05, 4.69) is 51.8 Å². The number of aromatic nitrogens is 2. The maximum Gasteiger partial charge on any atom is 0.327 e. The van der Waals surface area contributed by atoms with Crippen molar-refractivity contribution in [3.05, 3.63) is 59.8 Å². The van der Waals surface area contributed by atoms with Gasteiger partial charge in [-0.25, -0.2) is 4.79 Å². The van der Waals surface area contributed by atoms with E-state index >= 15 is 0 Å². The Morgan fingerprint density at radius 2 is 2.00 bits per heavy atom. The number of nitrogens with zero attached hydrogens (tertiary/aromatic N) is 1. The van der Waals surface area contributed by atoms with Crippen molar-refractivity contribution >= 4 is 34.8 Å². The smallest absolute Gasteiger partial charge is 0.298 e. The molecule has 1 aromatic carbocycles. The molecule has 2 aromatic rings. The second kappa shape index (κ2) is 5.20. The van der Waals surface area contributed by atoms with Gasteiger partial charge >= 0.3 is 5.69 Å². The monoisotopic (exact) mass is 384 g/mol. The minimum atomic E-state index is -0.0933. The lowest BCUT2D eigenvalue weighted by Crippen LogP contribution is -2.27. The van der Waals surface area contributed by atoms with Crippen LogP contribution < -0.4 is 5.69 Å². The van der Waals surface area contributed by atoms with E-state index in [1.807, 2.05) is 4.57 Å². The first-order valence-corrected chi connectivity index (χ1v) is 7.73. The van der Waals surface area contributed by atoms with Gasteiger partial charge in [-0.3, -0.25) is 9.55 Å². The lowest BCUT2D eigenvalue weighted by atomic mass is 10.2. The SMILES string of the molecule is O=c1[nH]c(=S)c2c(n1Cc1ccc(I)cc1)CCC2. The number of hydrogen-bond donors (Lipinski definition) is 1. The number of benzene rings is 1. The van der Waals surface area contributed by atoms with Gasteiger partial charge < -0.3 is 0 Å². The fourth-order valence-corrected chi connectivity index (χ4v) is 3.24. The van der Waals surface area contributed by atoms with Crippen LogP contribution >= 0.6 is 34.8 Å². The second-order valence-electron chi connectivity index (χ2n) is 4.75. The van der Waals surface area contributed by atoms with E-state index in [1.165, 1.54) is 3.57 Å². The van der Waals surface area contributed by atoms with Crippen LogP contribution in [0.25, 0.3) is 0 Å². The van der Waals surface area contributed by atoms with Crippen molar-refractivity contribution in [3.8, 4) is 0 Å². The van der Waals surface area contributed by atoms with Gasteiger partial charge in [-0.15, -0.1) is 0 Å². The van der Waals surface area contributed by atoms with Gasteiger partial charge in [-0.1, -0.05) is 24.4 Å². The summed E-state index contributed by atoms with van der Waals surface area (Å²) in [5.74, 6) is 0. The molecule has 0 aliphatic heterocycles. The number of nitrogens with one attached hydrogen (secondary N) is 1. The summed E-state index contributed by atoms with van der Waals surface area (Å²) in [5.41, 5.74) is 3.32. The minimum Gasteiger partial charge on any atom is -0.298 e. The summed E-state index contributed by atoms with van der Waals surface area (Å²) in [6.45, 7) is 0.615. The van der Waals surface area contributed by atoms with E-state index < -0.39 is 0 Å². The first-order valence-electron chi connectivity index (χ1n) is 6.24. The van der Waals surface area contributed by atoms with Crippen LogP contribution in [0.4, 0.5) is 0 Å². The van der Waals surface area contributed by atoms with Crippen LogP contribution in [0.15, 0.2) is 29.1 Å². The van der Waals surface area contributed by atoms with Crippen LogP contribution in [0.5, 0.6) is 0 Å². The van der Waals surface area contributed by atoms with Gasteiger partial charge in [0.15, 0.2) is 0 Å². The highest BCUT2D eigenvalue weighted by molar-refractivity contribution is 14.1. The molecule has 0 spiro atoms. The predicted molar refractivity (Wildman–Crippen MR) is 86.2 cm³/mol. The van der Waals surface area contributed by atoms with Gasteiger partial charge in [0.1, 0.15) is 4.64 Å². The molecule has 5 heteroatoms. The third-order valence-corrected chi connectivity index (χ3v) is 4.58. The molecule has 0 unspecified atom stereocenters. The molecule has 0 fully saturated rings. The van der Waals surface area contributed by atoms with Crippen molar-refractivity contribution in [2.24, 2.45) is 0 Å². The van der Waals surface area contributed by atoms with Crippen molar-refractivity contribution in [1.29, 1.82) is 0 Å². The van der Waals surface area contributed by atoms with Gasteiger partial charge in [0.2, 0.25) is 0 Å². The fraction of sp³-hybridized carbons (Fsp3) is 0.286. The quantitative estimate of drug-likeness (QED) is 0.639. The standard InChI is InChI=1S/C14H13IN2OS/c15-10-6-4-9(5-7-10)8-17-12-3-1-2-11(12)13(19)16-14(17)18/h4-7H,1-3,8H2,(H,16,18,19). The molecule has 1 aromatic heterocycles. The molecule has 3 nitrogen and oxygen atoms in total. The summed E-state index contributed by atoms with van der Waals surface area (Å²) in [5, 5.41) is 0. The Balaban J connectivity index is 2.06. The number of H-pyrrole nitrogens is 1. The van der Waals surface area contributed by atoms with E-state index in [-0.39, 0.29) is 5.69 Å². The van der Waals surface area contributed by atoms with Crippen LogP contribution in [-0.4, -0.2) is 9.55 Å². The number of fused-ring (bicyclic) bond motifs is 1. The average molecular weight is 384 g/mol. The maximum atomic E-state index is 12.1. The van der Waals surface area contributed by atoms with E-state index in [4.69, 9.17) is 12.2 Å². The average Bonchev–Trinajstić information content (AvgIpc) is 2.86. The van der Waals surface area contributed by atoms with Gasteiger partial charge in [-0.2, -0.15) is 0 Å². The summed E-state index contributed by atoms with van der Waals surface area (Å²) < 4.78 is 3.66. The summed E-state index contributed by atoms with van der Waals surface area (Å²) in [6, 6.07) is 8.26. The summed E-state index contributed by atoms with van der Waals surface area (Å²) in [7, 11) is 0. The maximum absolute atomic E-state index is 12.1. The van der Waals surface area contributed by atoms with Crippen molar-refractivity contribution in [1.82, 2.24) is 9.55 Å². The Morgan fingerprint density at radius 3 is 2.74 bits per heavy atom. The molecule has 98 valence electrons. The van der Waals surface area contributed by atoms with E-state index in [1.54, 1.807) is 0 Å². The molecule has 0 atom stereocenters. The number of rotatable bonds is 2. The summed E-state index contributed by atoms with van der Waals surface area (Å²) in [4.78, 5) is 14.9. The van der Waals surface area contributed by atoms with Gasteiger partial charge in [0.25, 0.3) is 0 Å². The molecule has 0 amide bonds. The molecule has 3 rings (SSSR count). The van der Waals surface area contributed by atoms with Gasteiger partial charge in [-0.05, 0) is 59.5 Å². The molecule has 0 bridgehead atoms. The molecule has 0 saturated carbocycles. The van der Waals surface area contributed by atoms with E-state index in [9.17, 15) is 4.79 Å². The Bertz CT molecular complexity index is 731. The highest BCUT2D eigenvalue weighted by atomic mass is 127. The zero-order valence-corrected chi connectivity index (χ0v) is 13.3. The highest BCUT2D eigenvalue weighted by Gasteiger charge is 2.18. The largest absolute Gasteiger partial charge is 0.327 e. The Hall–Kier alpha value is -0.950. The number of hydrogen-bond acceptors (Lipinski definition) is 2. The summed E-state index contributed by atoms with van der Waals surface area (Å²) >= 11 is 7.52. The highest BCUT2D eigenvalue weighted by Crippen LogP contribution is 2.21. The van der Waals surface area contributed by atoms with Crippen molar-refractivity contribution < 1.29 is 0 Å². The third-order valence-electron chi connectivity index (χ3n) is 3.51. The molecular formula is C14H13IN2OS. The Kier molecular flexibility index (Phi) is 3.58. The third kappa shape index (κ3) is 2.53. The minimum absolute atomic E-state index is 0.0933.